The van der Waals surface area contributed by atoms with Gasteiger partial charge in [0.15, 0.2) is 0 Å². The van der Waals surface area contributed by atoms with Crippen LogP contribution in [0.25, 0.3) is 0 Å². The lowest BCUT2D eigenvalue weighted by Crippen LogP contribution is -2.29. The second kappa shape index (κ2) is 9.36. The SMILES string of the molecule is COc1ccc(OC)c(NC(=O)CNCCc2ccc(S(N)(=O)=O)cc2)c1. The fraction of sp³-hybridized carbons (Fsp3) is 0.278. The Morgan fingerprint density at radius 3 is 2.37 bits per heavy atom. The Morgan fingerprint density at radius 1 is 1.07 bits per heavy atom. The van der Waals surface area contributed by atoms with Crippen molar-refractivity contribution in [3.63, 3.8) is 0 Å². The molecule has 9 heteroatoms. The van der Waals surface area contributed by atoms with Gasteiger partial charge in [0.25, 0.3) is 0 Å². The summed E-state index contributed by atoms with van der Waals surface area (Å²) in [6, 6.07) is 11.5. The highest BCUT2D eigenvalue weighted by molar-refractivity contribution is 7.89. The Bertz CT molecular complexity index is 882. The van der Waals surface area contributed by atoms with E-state index in [1.807, 2.05) is 0 Å². The molecule has 1 amide bonds. The highest BCUT2D eigenvalue weighted by Crippen LogP contribution is 2.28. The van der Waals surface area contributed by atoms with Crippen LogP contribution in [0.5, 0.6) is 11.5 Å². The first-order valence-corrected chi connectivity index (χ1v) is 9.72. The molecule has 27 heavy (non-hydrogen) atoms. The first kappa shape index (κ1) is 20.7. The van der Waals surface area contributed by atoms with E-state index in [4.69, 9.17) is 14.6 Å². The van der Waals surface area contributed by atoms with Crippen molar-refractivity contribution >= 4 is 21.6 Å². The molecule has 2 aromatic carbocycles. The Balaban J connectivity index is 1.81. The van der Waals surface area contributed by atoms with Crippen LogP contribution >= 0.6 is 0 Å². The van der Waals surface area contributed by atoms with Crippen molar-refractivity contribution in [1.29, 1.82) is 0 Å². The van der Waals surface area contributed by atoms with Crippen molar-refractivity contribution in [2.24, 2.45) is 5.14 Å². The third-order valence-corrected chi connectivity index (χ3v) is 4.74. The number of rotatable bonds is 9. The molecule has 0 fully saturated rings. The first-order valence-electron chi connectivity index (χ1n) is 8.18. The van der Waals surface area contributed by atoms with E-state index in [1.165, 1.54) is 19.2 Å². The smallest absolute Gasteiger partial charge is 0.238 e. The highest BCUT2D eigenvalue weighted by atomic mass is 32.2. The molecule has 0 heterocycles. The molecule has 0 unspecified atom stereocenters. The summed E-state index contributed by atoms with van der Waals surface area (Å²) in [5, 5.41) is 10.9. The maximum absolute atomic E-state index is 12.1. The van der Waals surface area contributed by atoms with Gasteiger partial charge in [-0.15, -0.1) is 0 Å². The molecule has 0 aliphatic carbocycles. The van der Waals surface area contributed by atoms with Crippen LogP contribution in [0, 0.1) is 0 Å². The summed E-state index contributed by atoms with van der Waals surface area (Å²) in [5.41, 5.74) is 1.46. The Hall–Kier alpha value is -2.62. The van der Waals surface area contributed by atoms with Crippen LogP contribution in [0.15, 0.2) is 47.4 Å². The number of methoxy groups -OCH3 is 2. The second-order valence-electron chi connectivity index (χ2n) is 5.73. The van der Waals surface area contributed by atoms with Gasteiger partial charge >= 0.3 is 0 Å². The molecule has 0 radical (unpaired) electrons. The van der Waals surface area contributed by atoms with Gasteiger partial charge in [-0.05, 0) is 42.8 Å². The van der Waals surface area contributed by atoms with Crippen molar-refractivity contribution in [3.05, 3.63) is 48.0 Å². The summed E-state index contributed by atoms with van der Waals surface area (Å²) in [4.78, 5) is 12.2. The number of amides is 1. The van der Waals surface area contributed by atoms with E-state index >= 15 is 0 Å². The Morgan fingerprint density at radius 2 is 1.78 bits per heavy atom. The summed E-state index contributed by atoms with van der Waals surface area (Å²) >= 11 is 0. The minimum Gasteiger partial charge on any atom is -0.497 e. The fourth-order valence-electron chi connectivity index (χ4n) is 2.39. The van der Waals surface area contributed by atoms with Gasteiger partial charge in [-0.2, -0.15) is 0 Å². The van der Waals surface area contributed by atoms with E-state index < -0.39 is 10.0 Å². The summed E-state index contributed by atoms with van der Waals surface area (Å²) in [6.45, 7) is 0.674. The number of hydrogen-bond acceptors (Lipinski definition) is 6. The standard InChI is InChI=1S/C18H23N3O5S/c1-25-14-5-8-17(26-2)16(11-14)21-18(22)12-20-10-9-13-3-6-15(7-4-13)27(19,23)24/h3-8,11,20H,9-10,12H2,1-2H3,(H,21,22)(H2,19,23,24). The lowest BCUT2D eigenvalue weighted by Gasteiger charge is -2.12. The van der Waals surface area contributed by atoms with Crippen molar-refractivity contribution in [2.45, 2.75) is 11.3 Å². The first-order chi connectivity index (χ1) is 12.8. The molecule has 0 aliphatic rings. The van der Waals surface area contributed by atoms with Crippen LogP contribution in [-0.4, -0.2) is 41.6 Å². The third-order valence-electron chi connectivity index (χ3n) is 3.81. The molecule has 0 saturated carbocycles. The molecule has 4 N–H and O–H groups in total. The highest BCUT2D eigenvalue weighted by Gasteiger charge is 2.09. The van der Waals surface area contributed by atoms with Gasteiger partial charge in [0.05, 0.1) is 31.3 Å². The molecular weight excluding hydrogens is 370 g/mol. The lowest BCUT2D eigenvalue weighted by atomic mass is 10.1. The quantitative estimate of drug-likeness (QED) is 0.549. The van der Waals surface area contributed by atoms with Crippen molar-refractivity contribution in [3.8, 4) is 11.5 Å². The number of sulfonamides is 1. The summed E-state index contributed by atoms with van der Waals surface area (Å²) < 4.78 is 32.8. The van der Waals surface area contributed by atoms with Crippen LogP contribution in [0.3, 0.4) is 0 Å². The fourth-order valence-corrected chi connectivity index (χ4v) is 2.90. The zero-order valence-corrected chi connectivity index (χ0v) is 16.0. The predicted octanol–water partition coefficient (Wildman–Crippen LogP) is 1.12. The van der Waals surface area contributed by atoms with Gasteiger partial charge in [-0.1, -0.05) is 12.1 Å². The number of nitrogens with one attached hydrogen (secondary N) is 2. The van der Waals surface area contributed by atoms with Crippen LogP contribution < -0.4 is 25.2 Å². The van der Waals surface area contributed by atoms with Crippen LogP contribution in [0.4, 0.5) is 5.69 Å². The lowest BCUT2D eigenvalue weighted by molar-refractivity contribution is -0.115. The molecule has 146 valence electrons. The molecule has 0 saturated heterocycles. The van der Waals surface area contributed by atoms with Gasteiger partial charge in [-0.3, -0.25) is 4.79 Å². The van der Waals surface area contributed by atoms with Gasteiger partial charge < -0.3 is 20.1 Å². The monoisotopic (exact) mass is 393 g/mol. The minimum absolute atomic E-state index is 0.0748. The average molecular weight is 393 g/mol. The maximum atomic E-state index is 12.1. The molecule has 0 atom stereocenters. The molecule has 2 rings (SSSR count). The summed E-state index contributed by atoms with van der Waals surface area (Å²) in [7, 11) is -0.614. The largest absolute Gasteiger partial charge is 0.497 e. The number of ether oxygens (including phenoxy) is 2. The Labute approximate surface area is 158 Å². The number of nitrogens with two attached hydrogens (primary N) is 1. The van der Waals surface area contributed by atoms with E-state index in [0.717, 1.165) is 5.56 Å². The topological polar surface area (TPSA) is 120 Å². The molecule has 0 bridgehead atoms. The van der Waals surface area contributed by atoms with Gasteiger partial charge in [0.2, 0.25) is 15.9 Å². The molecule has 0 spiro atoms. The van der Waals surface area contributed by atoms with E-state index in [1.54, 1.807) is 37.4 Å². The summed E-state index contributed by atoms with van der Waals surface area (Å²) in [6.07, 6.45) is 0.640. The van der Waals surface area contributed by atoms with Crippen molar-refractivity contribution in [2.75, 3.05) is 32.6 Å². The summed E-state index contributed by atoms with van der Waals surface area (Å²) in [5.74, 6) is 0.937. The maximum Gasteiger partial charge on any atom is 0.238 e. The number of primary sulfonamides is 1. The Kier molecular flexibility index (Phi) is 7.17. The second-order valence-corrected chi connectivity index (χ2v) is 7.29. The van der Waals surface area contributed by atoms with E-state index in [-0.39, 0.29) is 17.3 Å². The number of anilines is 1. The van der Waals surface area contributed by atoms with Gasteiger partial charge in [0, 0.05) is 6.07 Å². The van der Waals surface area contributed by atoms with E-state index in [0.29, 0.717) is 30.2 Å². The number of benzene rings is 2. The van der Waals surface area contributed by atoms with E-state index in [2.05, 4.69) is 10.6 Å². The minimum atomic E-state index is -3.68. The van der Waals surface area contributed by atoms with Gasteiger partial charge in [-0.25, -0.2) is 13.6 Å². The van der Waals surface area contributed by atoms with Crippen LogP contribution in [0.1, 0.15) is 5.56 Å². The number of carbonyl (C=O) groups excluding carboxylic acids is 1. The molecule has 0 aliphatic heterocycles. The molecular formula is C18H23N3O5S. The van der Waals surface area contributed by atoms with Crippen LogP contribution in [0.2, 0.25) is 0 Å². The zero-order chi connectivity index (χ0) is 19.9. The third kappa shape index (κ3) is 6.24. The normalized spacial score (nSPS) is 11.1. The average Bonchev–Trinajstić information content (AvgIpc) is 2.65. The van der Waals surface area contributed by atoms with Crippen molar-refractivity contribution in [1.82, 2.24) is 5.32 Å². The molecule has 0 aromatic heterocycles. The van der Waals surface area contributed by atoms with Crippen molar-refractivity contribution < 1.29 is 22.7 Å². The zero-order valence-electron chi connectivity index (χ0n) is 15.2. The molecule has 2 aromatic rings. The van der Waals surface area contributed by atoms with Crippen LogP contribution in [-0.2, 0) is 21.2 Å². The number of carbonyl (C=O) groups is 1. The predicted molar refractivity (Wildman–Crippen MR) is 103 cm³/mol. The number of hydrogen-bond donors (Lipinski definition) is 3. The molecule has 8 nitrogen and oxygen atoms in total. The van der Waals surface area contributed by atoms with E-state index in [9.17, 15) is 13.2 Å². The van der Waals surface area contributed by atoms with Gasteiger partial charge in [0.1, 0.15) is 11.5 Å².